The molecule has 16 heavy (non-hydrogen) atoms. The molecule has 0 fully saturated rings. The number of carbonyl (C=O) groups is 1. The Kier molecular flexibility index (Phi) is 3.44. The van der Waals surface area contributed by atoms with Crippen LogP contribution < -0.4 is 0 Å². The molecule has 0 aromatic carbocycles. The van der Waals surface area contributed by atoms with E-state index < -0.39 is 10.9 Å². The molecule has 0 amide bonds. The molecule has 1 heterocycles. The first-order valence-electron chi connectivity index (χ1n) is 4.42. The number of aromatic carboxylic acids is 1. The average molecular weight is 245 g/mol. The second-order valence-electron chi connectivity index (χ2n) is 3.44. The van der Waals surface area contributed by atoms with Crippen molar-refractivity contribution in [3.8, 4) is 0 Å². The van der Waals surface area contributed by atoms with Crippen molar-refractivity contribution < 1.29 is 14.8 Å². The molecular formula is C9H9ClN2O4. The summed E-state index contributed by atoms with van der Waals surface area (Å²) in [6, 6.07) is 0. The van der Waals surface area contributed by atoms with E-state index in [1.54, 1.807) is 13.8 Å². The number of hydrogen-bond donors (Lipinski definition) is 1. The van der Waals surface area contributed by atoms with Crippen molar-refractivity contribution in [1.82, 2.24) is 4.98 Å². The molecule has 0 aliphatic rings. The van der Waals surface area contributed by atoms with Crippen LogP contribution in [0.15, 0.2) is 6.20 Å². The van der Waals surface area contributed by atoms with Crippen LogP contribution in [0.5, 0.6) is 0 Å². The molecule has 0 spiro atoms. The number of carboxylic acid groups (broad SMARTS) is 1. The van der Waals surface area contributed by atoms with Gasteiger partial charge in [-0.05, 0) is 5.92 Å². The number of rotatable bonds is 3. The number of aromatic nitrogens is 1. The molecule has 0 radical (unpaired) electrons. The van der Waals surface area contributed by atoms with Crippen LogP contribution in [-0.2, 0) is 0 Å². The molecule has 6 nitrogen and oxygen atoms in total. The third-order valence-corrected chi connectivity index (χ3v) is 2.33. The van der Waals surface area contributed by atoms with Gasteiger partial charge in [-0.1, -0.05) is 25.4 Å². The van der Waals surface area contributed by atoms with Crippen molar-refractivity contribution in [2.75, 3.05) is 0 Å². The molecule has 0 saturated heterocycles. The zero-order valence-electron chi connectivity index (χ0n) is 8.60. The first kappa shape index (κ1) is 12.4. The molecule has 0 saturated carbocycles. The maximum atomic E-state index is 11.0. The van der Waals surface area contributed by atoms with Crippen LogP contribution in [-0.4, -0.2) is 21.0 Å². The first-order chi connectivity index (χ1) is 7.36. The summed E-state index contributed by atoms with van der Waals surface area (Å²) in [7, 11) is 0. The minimum Gasteiger partial charge on any atom is -0.478 e. The lowest BCUT2D eigenvalue weighted by Gasteiger charge is -2.10. The molecule has 86 valence electrons. The van der Waals surface area contributed by atoms with Crippen LogP contribution in [0.4, 0.5) is 5.69 Å². The lowest BCUT2D eigenvalue weighted by molar-refractivity contribution is -0.386. The van der Waals surface area contributed by atoms with Gasteiger partial charge in [-0.15, -0.1) is 0 Å². The molecule has 1 N–H and O–H groups in total. The summed E-state index contributed by atoms with van der Waals surface area (Å²) >= 11 is 5.63. The molecule has 0 atom stereocenters. The second-order valence-corrected chi connectivity index (χ2v) is 3.80. The largest absolute Gasteiger partial charge is 0.478 e. The molecule has 1 rings (SSSR count). The Balaban J connectivity index is 3.63. The fourth-order valence-electron chi connectivity index (χ4n) is 1.42. The lowest BCUT2D eigenvalue weighted by Crippen LogP contribution is -2.09. The predicted molar refractivity (Wildman–Crippen MR) is 56.9 cm³/mol. The Morgan fingerprint density at radius 1 is 1.62 bits per heavy atom. The van der Waals surface area contributed by atoms with Gasteiger partial charge >= 0.3 is 5.97 Å². The van der Waals surface area contributed by atoms with Gasteiger partial charge in [0.1, 0.15) is 16.9 Å². The van der Waals surface area contributed by atoms with Crippen LogP contribution in [0.1, 0.15) is 35.7 Å². The average Bonchev–Trinajstić information content (AvgIpc) is 2.15. The van der Waals surface area contributed by atoms with Gasteiger partial charge in [0.25, 0.3) is 5.69 Å². The van der Waals surface area contributed by atoms with Crippen molar-refractivity contribution in [2.24, 2.45) is 0 Å². The highest BCUT2D eigenvalue weighted by atomic mass is 35.5. The first-order valence-corrected chi connectivity index (χ1v) is 4.80. The molecule has 0 aliphatic heterocycles. The Morgan fingerprint density at radius 3 is 2.56 bits per heavy atom. The zero-order valence-corrected chi connectivity index (χ0v) is 9.35. The van der Waals surface area contributed by atoms with E-state index in [-0.39, 0.29) is 27.9 Å². The highest BCUT2D eigenvalue weighted by Gasteiger charge is 2.27. The normalized spacial score (nSPS) is 10.5. The minimum atomic E-state index is -1.31. The summed E-state index contributed by atoms with van der Waals surface area (Å²) < 4.78 is 0. The third kappa shape index (κ3) is 2.11. The van der Waals surface area contributed by atoms with Gasteiger partial charge < -0.3 is 5.11 Å². The fraction of sp³-hybridized carbons (Fsp3) is 0.333. The predicted octanol–water partition coefficient (Wildman–Crippen LogP) is 2.46. The molecule has 0 unspecified atom stereocenters. The van der Waals surface area contributed by atoms with Crippen molar-refractivity contribution in [3.05, 3.63) is 32.6 Å². The summed E-state index contributed by atoms with van der Waals surface area (Å²) in [6.45, 7) is 3.32. The monoisotopic (exact) mass is 244 g/mol. The topological polar surface area (TPSA) is 93.3 Å². The van der Waals surface area contributed by atoms with E-state index in [1.165, 1.54) is 0 Å². The maximum absolute atomic E-state index is 11.0. The van der Waals surface area contributed by atoms with Gasteiger partial charge in [-0.2, -0.15) is 0 Å². The van der Waals surface area contributed by atoms with Crippen LogP contribution in [0.2, 0.25) is 5.15 Å². The van der Waals surface area contributed by atoms with Crippen molar-refractivity contribution >= 4 is 23.3 Å². The molecule has 7 heteroatoms. The number of pyridine rings is 1. The SMILES string of the molecule is CC(C)c1c([N+](=O)[O-])cnc(Cl)c1C(=O)O. The van der Waals surface area contributed by atoms with Gasteiger partial charge in [0.15, 0.2) is 0 Å². The fourth-order valence-corrected chi connectivity index (χ4v) is 1.66. The van der Waals surface area contributed by atoms with Crippen molar-refractivity contribution in [3.63, 3.8) is 0 Å². The van der Waals surface area contributed by atoms with Crippen LogP contribution >= 0.6 is 11.6 Å². The van der Waals surface area contributed by atoms with E-state index in [1.807, 2.05) is 0 Å². The van der Waals surface area contributed by atoms with Crippen molar-refractivity contribution in [1.29, 1.82) is 0 Å². The molecular weight excluding hydrogens is 236 g/mol. The molecule has 1 aromatic heterocycles. The van der Waals surface area contributed by atoms with E-state index in [0.717, 1.165) is 6.20 Å². The maximum Gasteiger partial charge on any atom is 0.339 e. The summed E-state index contributed by atoms with van der Waals surface area (Å²) in [5, 5.41) is 19.5. The Hall–Kier alpha value is -1.69. The van der Waals surface area contributed by atoms with Crippen LogP contribution in [0.3, 0.4) is 0 Å². The zero-order chi connectivity index (χ0) is 12.5. The number of halogens is 1. The van der Waals surface area contributed by atoms with E-state index in [9.17, 15) is 14.9 Å². The standard InChI is InChI=1S/C9H9ClN2O4/c1-4(2)6-5(12(15)16)3-11-8(10)7(6)9(13)14/h3-4H,1-2H3,(H,13,14). The van der Waals surface area contributed by atoms with E-state index in [4.69, 9.17) is 16.7 Å². The minimum absolute atomic E-state index is 0.0949. The molecule has 0 aliphatic carbocycles. The van der Waals surface area contributed by atoms with Gasteiger partial charge in [-0.3, -0.25) is 10.1 Å². The quantitative estimate of drug-likeness (QED) is 0.501. The molecule has 1 aromatic rings. The number of hydrogen-bond acceptors (Lipinski definition) is 4. The van der Waals surface area contributed by atoms with Crippen LogP contribution in [0.25, 0.3) is 0 Å². The Morgan fingerprint density at radius 2 is 2.19 bits per heavy atom. The van der Waals surface area contributed by atoms with E-state index in [2.05, 4.69) is 4.98 Å². The van der Waals surface area contributed by atoms with Gasteiger partial charge in [0, 0.05) is 0 Å². The molecule has 0 bridgehead atoms. The summed E-state index contributed by atoms with van der Waals surface area (Å²) in [4.78, 5) is 24.6. The summed E-state index contributed by atoms with van der Waals surface area (Å²) in [5.74, 6) is -1.64. The smallest absolute Gasteiger partial charge is 0.339 e. The Bertz CT molecular complexity index is 459. The van der Waals surface area contributed by atoms with Gasteiger partial charge in [0.05, 0.1) is 10.5 Å². The van der Waals surface area contributed by atoms with Crippen LogP contribution in [0, 0.1) is 10.1 Å². The second kappa shape index (κ2) is 4.44. The highest BCUT2D eigenvalue weighted by molar-refractivity contribution is 6.32. The Labute approximate surface area is 96.0 Å². The third-order valence-electron chi connectivity index (χ3n) is 2.04. The van der Waals surface area contributed by atoms with E-state index in [0.29, 0.717) is 0 Å². The van der Waals surface area contributed by atoms with Gasteiger partial charge in [-0.25, -0.2) is 9.78 Å². The number of nitrogens with zero attached hydrogens (tertiary/aromatic N) is 2. The number of nitro groups is 1. The van der Waals surface area contributed by atoms with E-state index >= 15 is 0 Å². The lowest BCUT2D eigenvalue weighted by atomic mass is 9.97. The van der Waals surface area contributed by atoms with Gasteiger partial charge in [0.2, 0.25) is 0 Å². The summed E-state index contributed by atoms with van der Waals surface area (Å²) in [5.41, 5.74) is -0.528. The van der Waals surface area contributed by atoms with Crippen molar-refractivity contribution in [2.45, 2.75) is 19.8 Å². The highest BCUT2D eigenvalue weighted by Crippen LogP contribution is 2.32. The summed E-state index contributed by atoms with van der Waals surface area (Å²) in [6.07, 6.45) is 0.976. The number of carboxylic acids is 1.